The summed E-state index contributed by atoms with van der Waals surface area (Å²) >= 11 is 0. The van der Waals surface area contributed by atoms with Crippen molar-refractivity contribution < 1.29 is 13.2 Å². The lowest BCUT2D eigenvalue weighted by molar-refractivity contribution is 0.390. The minimum atomic E-state index is -3.11. The molecule has 0 aromatic heterocycles. The molecule has 0 bridgehead atoms. The molecular formula is C10H21NO3S. The van der Waals surface area contributed by atoms with Crippen molar-refractivity contribution in [2.45, 2.75) is 51.7 Å². The van der Waals surface area contributed by atoms with Gasteiger partial charge in [-0.1, -0.05) is 0 Å². The summed E-state index contributed by atoms with van der Waals surface area (Å²) in [5.74, 6) is 0.219. The first-order chi connectivity index (χ1) is 6.79. The summed E-state index contributed by atoms with van der Waals surface area (Å²) in [6.07, 6.45) is 3.04. The van der Waals surface area contributed by atoms with Crippen LogP contribution in [0.3, 0.4) is 0 Å². The van der Waals surface area contributed by atoms with Crippen LogP contribution in [0, 0.1) is 0 Å². The third-order valence-corrected chi connectivity index (χ3v) is 3.80. The Morgan fingerprint density at radius 1 is 1.33 bits per heavy atom. The average Bonchev–Trinajstić information content (AvgIpc) is 2.76. The van der Waals surface area contributed by atoms with Gasteiger partial charge in [-0.25, -0.2) is 13.1 Å². The van der Waals surface area contributed by atoms with Crippen LogP contribution in [0.1, 0.15) is 40.0 Å². The fourth-order valence-corrected chi connectivity index (χ4v) is 3.04. The van der Waals surface area contributed by atoms with Crippen molar-refractivity contribution in [1.82, 2.24) is 4.72 Å². The standard InChI is InChI=1S/C10H21NO3S/c1-10(2,3)11-15(12,13)7-5-4-6-9-8-14-9/h9,11H,4-8H2,1-3H3. The number of rotatable bonds is 6. The molecule has 1 N–H and O–H groups in total. The lowest BCUT2D eigenvalue weighted by atomic mass is 10.1. The highest BCUT2D eigenvalue weighted by Gasteiger charge is 2.22. The number of hydrogen-bond donors (Lipinski definition) is 1. The Balaban J connectivity index is 2.17. The third-order valence-electron chi connectivity index (χ3n) is 2.05. The SMILES string of the molecule is CC(C)(C)NS(=O)(=O)CCCCC1CO1. The molecule has 4 nitrogen and oxygen atoms in total. The van der Waals surface area contributed by atoms with Gasteiger partial charge in [0.2, 0.25) is 10.0 Å². The molecule has 1 saturated heterocycles. The average molecular weight is 235 g/mol. The van der Waals surface area contributed by atoms with Gasteiger partial charge in [-0.05, 0) is 40.0 Å². The van der Waals surface area contributed by atoms with Crippen LogP contribution in [0.2, 0.25) is 0 Å². The van der Waals surface area contributed by atoms with Gasteiger partial charge in [-0.2, -0.15) is 0 Å². The van der Waals surface area contributed by atoms with E-state index in [-0.39, 0.29) is 11.3 Å². The first kappa shape index (κ1) is 12.9. The lowest BCUT2D eigenvalue weighted by Gasteiger charge is -2.20. The number of hydrogen-bond acceptors (Lipinski definition) is 3. The van der Waals surface area contributed by atoms with E-state index in [0.29, 0.717) is 12.5 Å². The molecule has 0 radical (unpaired) electrons. The first-order valence-electron chi connectivity index (χ1n) is 5.42. The van der Waals surface area contributed by atoms with Crippen LogP contribution in [0.5, 0.6) is 0 Å². The topological polar surface area (TPSA) is 58.7 Å². The van der Waals surface area contributed by atoms with E-state index in [1.807, 2.05) is 20.8 Å². The maximum absolute atomic E-state index is 11.6. The Morgan fingerprint density at radius 3 is 2.40 bits per heavy atom. The molecular weight excluding hydrogens is 214 g/mol. The van der Waals surface area contributed by atoms with Crippen LogP contribution in [0.25, 0.3) is 0 Å². The highest BCUT2D eigenvalue weighted by molar-refractivity contribution is 7.89. The molecule has 1 rings (SSSR count). The van der Waals surface area contributed by atoms with Gasteiger partial charge in [0, 0.05) is 5.54 Å². The van der Waals surface area contributed by atoms with Crippen LogP contribution < -0.4 is 4.72 Å². The smallest absolute Gasteiger partial charge is 0.212 e. The predicted molar refractivity (Wildman–Crippen MR) is 60.3 cm³/mol. The van der Waals surface area contributed by atoms with E-state index in [9.17, 15) is 8.42 Å². The van der Waals surface area contributed by atoms with Gasteiger partial charge in [-0.3, -0.25) is 0 Å². The second-order valence-electron chi connectivity index (χ2n) is 5.12. The van der Waals surface area contributed by atoms with Gasteiger partial charge >= 0.3 is 0 Å². The van der Waals surface area contributed by atoms with Crippen molar-refractivity contribution in [2.24, 2.45) is 0 Å². The first-order valence-corrected chi connectivity index (χ1v) is 7.07. The van der Waals surface area contributed by atoms with Crippen molar-refractivity contribution in [2.75, 3.05) is 12.4 Å². The molecule has 1 aliphatic rings. The van der Waals surface area contributed by atoms with Gasteiger partial charge in [0.1, 0.15) is 0 Å². The molecule has 0 amide bonds. The number of ether oxygens (including phenoxy) is 1. The molecule has 0 aliphatic carbocycles. The zero-order chi connectivity index (χ0) is 11.5. The van der Waals surface area contributed by atoms with Crippen molar-refractivity contribution >= 4 is 10.0 Å². The van der Waals surface area contributed by atoms with Gasteiger partial charge in [0.15, 0.2) is 0 Å². The largest absolute Gasteiger partial charge is 0.373 e. The zero-order valence-electron chi connectivity index (χ0n) is 9.75. The monoisotopic (exact) mass is 235 g/mol. The number of epoxide rings is 1. The molecule has 5 heteroatoms. The van der Waals surface area contributed by atoms with Gasteiger partial charge in [-0.15, -0.1) is 0 Å². The molecule has 15 heavy (non-hydrogen) atoms. The Morgan fingerprint density at radius 2 is 1.93 bits per heavy atom. The lowest BCUT2D eigenvalue weighted by Crippen LogP contribution is -2.41. The van der Waals surface area contributed by atoms with Crippen molar-refractivity contribution in [3.05, 3.63) is 0 Å². The van der Waals surface area contributed by atoms with E-state index in [4.69, 9.17) is 4.74 Å². The minimum absolute atomic E-state index is 0.219. The van der Waals surface area contributed by atoms with Crippen LogP contribution in [0.4, 0.5) is 0 Å². The maximum Gasteiger partial charge on any atom is 0.212 e. The summed E-state index contributed by atoms with van der Waals surface area (Å²) in [7, 11) is -3.11. The number of sulfonamides is 1. The van der Waals surface area contributed by atoms with Crippen molar-refractivity contribution in [3.8, 4) is 0 Å². The summed E-state index contributed by atoms with van der Waals surface area (Å²) in [6, 6.07) is 0. The zero-order valence-corrected chi connectivity index (χ0v) is 10.6. The van der Waals surface area contributed by atoms with E-state index in [2.05, 4.69) is 4.72 Å². The van der Waals surface area contributed by atoms with E-state index >= 15 is 0 Å². The van der Waals surface area contributed by atoms with Crippen LogP contribution in [-0.2, 0) is 14.8 Å². The van der Waals surface area contributed by atoms with Crippen LogP contribution in [0.15, 0.2) is 0 Å². The van der Waals surface area contributed by atoms with E-state index in [1.165, 1.54) is 0 Å². The summed E-state index contributed by atoms with van der Waals surface area (Å²) in [5, 5.41) is 0. The quantitative estimate of drug-likeness (QED) is 0.557. The van der Waals surface area contributed by atoms with Gasteiger partial charge in [0.05, 0.1) is 18.5 Å². The molecule has 1 fully saturated rings. The summed E-state index contributed by atoms with van der Waals surface area (Å²) < 4.78 is 30.8. The molecule has 0 aromatic carbocycles. The maximum atomic E-state index is 11.6. The molecule has 0 aromatic rings. The highest BCUT2D eigenvalue weighted by Crippen LogP contribution is 2.16. The Bertz CT molecular complexity index is 288. The van der Waals surface area contributed by atoms with Gasteiger partial charge in [0.25, 0.3) is 0 Å². The van der Waals surface area contributed by atoms with Gasteiger partial charge < -0.3 is 4.74 Å². The summed E-state index contributed by atoms with van der Waals surface area (Å²) in [4.78, 5) is 0. The molecule has 1 atom stereocenters. The normalized spacial score (nSPS) is 21.7. The Labute approximate surface area is 92.4 Å². The number of unbranched alkanes of at least 4 members (excludes halogenated alkanes) is 1. The van der Waals surface area contributed by atoms with Crippen molar-refractivity contribution in [1.29, 1.82) is 0 Å². The Hall–Kier alpha value is -0.130. The molecule has 1 heterocycles. The third kappa shape index (κ3) is 6.87. The second-order valence-corrected chi connectivity index (χ2v) is 6.96. The summed E-state index contributed by atoms with van der Waals surface area (Å²) in [5.41, 5.74) is -0.377. The number of nitrogens with one attached hydrogen (secondary N) is 1. The summed E-state index contributed by atoms with van der Waals surface area (Å²) in [6.45, 7) is 6.40. The Kier molecular flexibility index (Phi) is 4.14. The minimum Gasteiger partial charge on any atom is -0.373 e. The molecule has 1 unspecified atom stereocenters. The van der Waals surface area contributed by atoms with E-state index in [0.717, 1.165) is 19.4 Å². The fourth-order valence-electron chi connectivity index (χ4n) is 1.42. The van der Waals surface area contributed by atoms with Crippen LogP contribution >= 0.6 is 0 Å². The van der Waals surface area contributed by atoms with E-state index < -0.39 is 10.0 Å². The van der Waals surface area contributed by atoms with Crippen molar-refractivity contribution in [3.63, 3.8) is 0 Å². The highest BCUT2D eigenvalue weighted by atomic mass is 32.2. The van der Waals surface area contributed by atoms with Crippen LogP contribution in [-0.4, -0.2) is 32.4 Å². The second kappa shape index (κ2) is 4.80. The van der Waals surface area contributed by atoms with E-state index in [1.54, 1.807) is 0 Å². The molecule has 90 valence electrons. The molecule has 1 aliphatic heterocycles. The molecule has 0 spiro atoms. The fraction of sp³-hybridized carbons (Fsp3) is 1.00. The predicted octanol–water partition coefficient (Wildman–Crippen LogP) is 1.27. The molecule has 0 saturated carbocycles.